The van der Waals surface area contributed by atoms with E-state index in [1.54, 1.807) is 6.20 Å². The predicted octanol–water partition coefficient (Wildman–Crippen LogP) is -0.454. The number of hydrogen-bond donors (Lipinski definition) is 1. The highest BCUT2D eigenvalue weighted by molar-refractivity contribution is 5.49. The van der Waals surface area contributed by atoms with Gasteiger partial charge in [0.15, 0.2) is 11.5 Å². The van der Waals surface area contributed by atoms with Crippen LogP contribution in [-0.2, 0) is 4.74 Å². The molecule has 1 N–H and O–H groups in total. The van der Waals surface area contributed by atoms with Gasteiger partial charge in [-0.05, 0) is 0 Å². The van der Waals surface area contributed by atoms with Crippen LogP contribution in [0.2, 0.25) is 0 Å². The van der Waals surface area contributed by atoms with E-state index < -0.39 is 0 Å². The quantitative estimate of drug-likeness (QED) is 0.726. The minimum atomic E-state index is -0.220. The zero-order valence-corrected chi connectivity index (χ0v) is 8.70. The SMILES string of the molecule is N#Cc1nccnc1N1CCOC(CO)C1. The molecule has 0 saturated carbocycles. The number of aromatic nitrogens is 2. The van der Waals surface area contributed by atoms with E-state index in [2.05, 4.69) is 9.97 Å². The van der Waals surface area contributed by atoms with E-state index in [4.69, 9.17) is 15.1 Å². The third-order valence-corrected chi connectivity index (χ3v) is 2.43. The van der Waals surface area contributed by atoms with Crippen molar-refractivity contribution in [1.82, 2.24) is 9.97 Å². The number of anilines is 1. The van der Waals surface area contributed by atoms with Gasteiger partial charge in [-0.3, -0.25) is 0 Å². The summed E-state index contributed by atoms with van der Waals surface area (Å²) in [6.45, 7) is 1.68. The number of nitriles is 1. The monoisotopic (exact) mass is 220 g/mol. The van der Waals surface area contributed by atoms with E-state index in [0.717, 1.165) is 0 Å². The molecule has 6 heteroatoms. The second kappa shape index (κ2) is 4.88. The number of ether oxygens (including phenoxy) is 1. The van der Waals surface area contributed by atoms with Gasteiger partial charge in [0, 0.05) is 25.5 Å². The highest BCUT2D eigenvalue weighted by atomic mass is 16.5. The molecule has 0 bridgehead atoms. The van der Waals surface area contributed by atoms with Crippen LogP contribution in [0.1, 0.15) is 5.69 Å². The predicted molar refractivity (Wildman–Crippen MR) is 55.8 cm³/mol. The molecule has 0 amide bonds. The second-order valence-electron chi connectivity index (χ2n) is 3.46. The summed E-state index contributed by atoms with van der Waals surface area (Å²) in [5.74, 6) is 0.562. The van der Waals surface area contributed by atoms with Crippen molar-refractivity contribution in [1.29, 1.82) is 5.26 Å². The first-order valence-corrected chi connectivity index (χ1v) is 5.03. The molecule has 2 rings (SSSR count). The maximum absolute atomic E-state index is 9.03. The molecule has 1 atom stereocenters. The van der Waals surface area contributed by atoms with Gasteiger partial charge >= 0.3 is 0 Å². The lowest BCUT2D eigenvalue weighted by molar-refractivity contribution is 0.00333. The third kappa shape index (κ3) is 2.10. The van der Waals surface area contributed by atoms with Gasteiger partial charge in [0.05, 0.1) is 19.3 Å². The number of rotatable bonds is 2. The Morgan fingerprint density at radius 2 is 2.38 bits per heavy atom. The lowest BCUT2D eigenvalue weighted by atomic mass is 10.2. The van der Waals surface area contributed by atoms with E-state index in [1.165, 1.54) is 6.20 Å². The summed E-state index contributed by atoms with van der Waals surface area (Å²) in [6.07, 6.45) is 2.83. The van der Waals surface area contributed by atoms with Crippen molar-refractivity contribution >= 4 is 5.82 Å². The number of aliphatic hydroxyl groups excluding tert-OH is 1. The summed E-state index contributed by atoms with van der Waals surface area (Å²) in [7, 11) is 0. The molecule has 0 spiro atoms. The molecule has 1 aliphatic heterocycles. The van der Waals surface area contributed by atoms with Crippen molar-refractivity contribution in [2.24, 2.45) is 0 Å². The Balaban J connectivity index is 2.20. The van der Waals surface area contributed by atoms with E-state index in [9.17, 15) is 0 Å². The lowest BCUT2D eigenvalue weighted by Crippen LogP contribution is -2.44. The molecule has 1 saturated heterocycles. The Bertz CT molecular complexity index is 404. The number of nitrogens with zero attached hydrogens (tertiary/aromatic N) is 4. The summed E-state index contributed by atoms with van der Waals surface area (Å²) in [5, 5.41) is 17.9. The average Bonchev–Trinajstić information content (AvgIpc) is 2.38. The van der Waals surface area contributed by atoms with E-state index >= 15 is 0 Å². The molecule has 2 heterocycles. The first-order valence-electron chi connectivity index (χ1n) is 5.03. The maximum Gasteiger partial charge on any atom is 0.183 e. The van der Waals surface area contributed by atoms with Crippen molar-refractivity contribution in [3.05, 3.63) is 18.1 Å². The van der Waals surface area contributed by atoms with Gasteiger partial charge in [0.1, 0.15) is 6.07 Å². The zero-order chi connectivity index (χ0) is 11.4. The molecule has 0 aliphatic carbocycles. The van der Waals surface area contributed by atoms with Crippen molar-refractivity contribution in [2.45, 2.75) is 6.10 Å². The lowest BCUT2D eigenvalue weighted by Gasteiger charge is -2.32. The Labute approximate surface area is 93.1 Å². The van der Waals surface area contributed by atoms with Crippen molar-refractivity contribution < 1.29 is 9.84 Å². The first-order chi connectivity index (χ1) is 7.85. The molecular weight excluding hydrogens is 208 g/mol. The van der Waals surface area contributed by atoms with Gasteiger partial charge < -0.3 is 14.7 Å². The van der Waals surface area contributed by atoms with E-state index in [1.807, 2.05) is 11.0 Å². The van der Waals surface area contributed by atoms with Gasteiger partial charge in [-0.1, -0.05) is 0 Å². The van der Waals surface area contributed by atoms with Crippen LogP contribution >= 0.6 is 0 Å². The molecule has 1 fully saturated rings. The molecule has 1 unspecified atom stereocenters. The van der Waals surface area contributed by atoms with Gasteiger partial charge in [0.25, 0.3) is 0 Å². The van der Waals surface area contributed by atoms with Crippen LogP contribution in [0.3, 0.4) is 0 Å². The third-order valence-electron chi connectivity index (χ3n) is 2.43. The summed E-state index contributed by atoms with van der Waals surface area (Å²) in [5.41, 5.74) is 0.307. The second-order valence-corrected chi connectivity index (χ2v) is 3.46. The molecule has 84 valence electrons. The molecule has 6 nitrogen and oxygen atoms in total. The van der Waals surface area contributed by atoms with Crippen LogP contribution in [0.4, 0.5) is 5.82 Å². The minimum absolute atomic E-state index is 0.0291. The van der Waals surface area contributed by atoms with Gasteiger partial charge in [-0.2, -0.15) is 5.26 Å². The van der Waals surface area contributed by atoms with Crippen LogP contribution in [-0.4, -0.2) is 47.5 Å². The Morgan fingerprint density at radius 3 is 3.12 bits per heavy atom. The maximum atomic E-state index is 9.03. The van der Waals surface area contributed by atoms with Crippen molar-refractivity contribution in [3.8, 4) is 6.07 Å². The highest BCUT2D eigenvalue weighted by Crippen LogP contribution is 2.17. The number of aliphatic hydroxyl groups is 1. The molecule has 0 radical (unpaired) electrons. The molecule has 1 aromatic heterocycles. The van der Waals surface area contributed by atoms with E-state index in [0.29, 0.717) is 31.2 Å². The van der Waals surface area contributed by atoms with Gasteiger partial charge in [-0.15, -0.1) is 0 Å². The average molecular weight is 220 g/mol. The first kappa shape index (κ1) is 10.8. The summed E-state index contributed by atoms with van der Waals surface area (Å²) in [4.78, 5) is 10.0. The van der Waals surface area contributed by atoms with Crippen LogP contribution in [0.5, 0.6) is 0 Å². The van der Waals surface area contributed by atoms with E-state index in [-0.39, 0.29) is 12.7 Å². The fraction of sp³-hybridized carbons (Fsp3) is 0.500. The zero-order valence-electron chi connectivity index (χ0n) is 8.70. The standard InChI is InChI=1S/C10H12N4O2/c11-5-9-10(13-2-1-12-9)14-3-4-16-8(6-14)7-15/h1-2,8,15H,3-4,6-7H2. The van der Waals surface area contributed by atoms with Crippen molar-refractivity contribution in [2.75, 3.05) is 31.2 Å². The molecule has 0 aromatic carbocycles. The number of morpholine rings is 1. The smallest absolute Gasteiger partial charge is 0.183 e. The van der Waals surface area contributed by atoms with Crippen molar-refractivity contribution in [3.63, 3.8) is 0 Å². The summed E-state index contributed by atoms with van der Waals surface area (Å²) >= 11 is 0. The topological polar surface area (TPSA) is 82.3 Å². The molecular formula is C10H12N4O2. The fourth-order valence-corrected chi connectivity index (χ4v) is 1.66. The van der Waals surface area contributed by atoms with Gasteiger partial charge in [-0.25, -0.2) is 9.97 Å². The summed E-state index contributed by atoms with van der Waals surface area (Å²) in [6, 6.07) is 2.01. The highest BCUT2D eigenvalue weighted by Gasteiger charge is 2.22. The molecule has 16 heavy (non-hydrogen) atoms. The molecule has 1 aliphatic rings. The van der Waals surface area contributed by atoms with Crippen LogP contribution in [0, 0.1) is 11.3 Å². The normalized spacial score (nSPS) is 20.5. The van der Waals surface area contributed by atoms with Crippen LogP contribution in [0.15, 0.2) is 12.4 Å². The Kier molecular flexibility index (Phi) is 3.29. The van der Waals surface area contributed by atoms with Crippen LogP contribution < -0.4 is 4.90 Å². The summed E-state index contributed by atoms with van der Waals surface area (Å²) < 4.78 is 5.33. The molecule has 1 aromatic rings. The van der Waals surface area contributed by atoms with Gasteiger partial charge in [0.2, 0.25) is 0 Å². The minimum Gasteiger partial charge on any atom is -0.394 e. The Morgan fingerprint density at radius 1 is 1.56 bits per heavy atom. The fourth-order valence-electron chi connectivity index (χ4n) is 1.66. The largest absolute Gasteiger partial charge is 0.394 e. The van der Waals surface area contributed by atoms with Crippen LogP contribution in [0.25, 0.3) is 0 Å². The number of hydrogen-bond acceptors (Lipinski definition) is 6. The Hall–Kier alpha value is -1.71.